The van der Waals surface area contributed by atoms with Crippen LogP contribution in [0.4, 0.5) is 0 Å². The van der Waals surface area contributed by atoms with Crippen molar-refractivity contribution in [1.82, 2.24) is 19.8 Å². The Bertz CT molecular complexity index is 513. The summed E-state index contributed by atoms with van der Waals surface area (Å²) in [4.78, 5) is 13.7. The summed E-state index contributed by atoms with van der Waals surface area (Å²) >= 11 is 0. The minimum atomic E-state index is -0.593. The van der Waals surface area contributed by atoms with Crippen LogP contribution in [0.5, 0.6) is 0 Å². The maximum atomic E-state index is 10.8. The van der Waals surface area contributed by atoms with Crippen LogP contribution in [-0.2, 0) is 6.54 Å². The first-order chi connectivity index (χ1) is 11.5. The maximum Gasteiger partial charge on any atom is 0.131 e. The number of rotatable bonds is 5. The van der Waals surface area contributed by atoms with Crippen molar-refractivity contribution in [2.24, 2.45) is 0 Å². The van der Waals surface area contributed by atoms with Crippen molar-refractivity contribution in [3.8, 4) is 0 Å². The lowest BCUT2D eigenvalue weighted by Gasteiger charge is -2.40. The molecule has 1 aliphatic heterocycles. The standard InChI is InChI=1S/C19H32N4O/c1-22(2)14-19(24)9-6-10-23(15-19)13-16-11-20-18(21-12-16)17-7-4-3-5-8-17/h11-12,17,24H,3-10,13-15H2,1-2H3. The van der Waals surface area contributed by atoms with Gasteiger partial charge < -0.3 is 10.0 Å². The molecular weight excluding hydrogens is 300 g/mol. The lowest BCUT2D eigenvalue weighted by atomic mass is 9.89. The quantitative estimate of drug-likeness (QED) is 0.897. The van der Waals surface area contributed by atoms with Crippen LogP contribution < -0.4 is 0 Å². The van der Waals surface area contributed by atoms with Crippen molar-refractivity contribution in [3.63, 3.8) is 0 Å². The number of hydrogen-bond donors (Lipinski definition) is 1. The Morgan fingerprint density at radius 2 is 1.88 bits per heavy atom. The van der Waals surface area contributed by atoms with Crippen LogP contribution in [0.25, 0.3) is 0 Å². The fourth-order valence-corrected chi connectivity index (χ4v) is 4.33. The molecule has 1 saturated carbocycles. The second-order valence-corrected chi connectivity index (χ2v) is 8.06. The molecule has 2 fully saturated rings. The third kappa shape index (κ3) is 4.74. The van der Waals surface area contributed by atoms with E-state index in [4.69, 9.17) is 0 Å². The SMILES string of the molecule is CN(C)CC1(O)CCCN(Cc2cnc(C3CCCCC3)nc2)C1. The van der Waals surface area contributed by atoms with E-state index in [9.17, 15) is 5.11 Å². The number of hydrogen-bond acceptors (Lipinski definition) is 5. The second-order valence-electron chi connectivity index (χ2n) is 8.06. The first-order valence-corrected chi connectivity index (χ1v) is 9.44. The molecule has 134 valence electrons. The fourth-order valence-electron chi connectivity index (χ4n) is 4.33. The predicted molar refractivity (Wildman–Crippen MR) is 95.9 cm³/mol. The molecule has 3 rings (SSSR count). The minimum Gasteiger partial charge on any atom is -0.387 e. The van der Waals surface area contributed by atoms with E-state index in [-0.39, 0.29) is 0 Å². The van der Waals surface area contributed by atoms with Gasteiger partial charge in [-0.2, -0.15) is 0 Å². The Morgan fingerprint density at radius 1 is 1.17 bits per heavy atom. The van der Waals surface area contributed by atoms with E-state index < -0.39 is 5.60 Å². The number of aliphatic hydroxyl groups is 1. The zero-order valence-corrected chi connectivity index (χ0v) is 15.2. The minimum absolute atomic E-state index is 0.563. The van der Waals surface area contributed by atoms with E-state index in [1.165, 1.54) is 32.1 Å². The summed E-state index contributed by atoms with van der Waals surface area (Å²) in [6.45, 7) is 3.33. The van der Waals surface area contributed by atoms with Crippen LogP contribution in [0.3, 0.4) is 0 Å². The first kappa shape index (κ1) is 17.8. The largest absolute Gasteiger partial charge is 0.387 e. The first-order valence-electron chi connectivity index (χ1n) is 9.44. The number of β-amino-alcohol motifs (C(OH)–C–C–N with tert-alkyl or cyclic N) is 1. The summed E-state index contributed by atoms with van der Waals surface area (Å²) in [5.41, 5.74) is 0.564. The molecule has 0 radical (unpaired) electrons. The van der Waals surface area contributed by atoms with Gasteiger partial charge >= 0.3 is 0 Å². The van der Waals surface area contributed by atoms with E-state index >= 15 is 0 Å². The molecule has 0 bridgehead atoms. The van der Waals surface area contributed by atoms with Crippen LogP contribution in [0.15, 0.2) is 12.4 Å². The van der Waals surface area contributed by atoms with Gasteiger partial charge in [0.05, 0.1) is 5.60 Å². The summed E-state index contributed by atoms with van der Waals surface area (Å²) in [6.07, 6.45) is 12.4. The third-order valence-electron chi connectivity index (χ3n) is 5.35. The molecule has 2 heterocycles. The van der Waals surface area contributed by atoms with Crippen molar-refractivity contribution in [2.75, 3.05) is 33.7 Å². The second kappa shape index (κ2) is 7.89. The van der Waals surface area contributed by atoms with Gasteiger partial charge in [0.1, 0.15) is 5.82 Å². The third-order valence-corrected chi connectivity index (χ3v) is 5.35. The van der Waals surface area contributed by atoms with Crippen LogP contribution in [0.1, 0.15) is 62.3 Å². The highest BCUT2D eigenvalue weighted by Gasteiger charge is 2.33. The van der Waals surface area contributed by atoms with Gasteiger partial charge in [0.25, 0.3) is 0 Å². The van der Waals surface area contributed by atoms with E-state index in [0.717, 1.165) is 50.4 Å². The predicted octanol–water partition coefficient (Wildman–Crippen LogP) is 2.41. The molecule has 1 aliphatic carbocycles. The van der Waals surface area contributed by atoms with Crippen LogP contribution in [0, 0.1) is 0 Å². The van der Waals surface area contributed by atoms with Crippen molar-refractivity contribution in [1.29, 1.82) is 0 Å². The molecule has 1 aromatic rings. The summed E-state index contributed by atoms with van der Waals surface area (Å²) in [5, 5.41) is 10.8. The average Bonchev–Trinajstić information content (AvgIpc) is 2.55. The van der Waals surface area contributed by atoms with E-state index in [1.807, 2.05) is 26.5 Å². The Kier molecular flexibility index (Phi) is 5.85. The van der Waals surface area contributed by atoms with Gasteiger partial charge in [0, 0.05) is 43.5 Å². The van der Waals surface area contributed by atoms with Crippen LogP contribution >= 0.6 is 0 Å². The van der Waals surface area contributed by atoms with Crippen molar-refractivity contribution < 1.29 is 5.11 Å². The number of likely N-dealkylation sites (tertiary alicyclic amines) is 1. The number of nitrogens with zero attached hydrogens (tertiary/aromatic N) is 4. The molecule has 0 amide bonds. The number of piperidine rings is 1. The van der Waals surface area contributed by atoms with Gasteiger partial charge in [-0.05, 0) is 46.3 Å². The molecule has 5 heteroatoms. The van der Waals surface area contributed by atoms with Gasteiger partial charge in [-0.3, -0.25) is 4.90 Å². The Morgan fingerprint density at radius 3 is 2.54 bits per heavy atom. The van der Waals surface area contributed by atoms with E-state index in [1.54, 1.807) is 0 Å². The zero-order chi connectivity index (χ0) is 17.0. The molecule has 0 spiro atoms. The van der Waals surface area contributed by atoms with Crippen LogP contribution in [-0.4, -0.2) is 64.2 Å². The smallest absolute Gasteiger partial charge is 0.131 e. The highest BCUT2D eigenvalue weighted by Crippen LogP contribution is 2.30. The number of aromatic nitrogens is 2. The van der Waals surface area contributed by atoms with Gasteiger partial charge in [-0.15, -0.1) is 0 Å². The molecule has 1 unspecified atom stereocenters. The van der Waals surface area contributed by atoms with Crippen molar-refractivity contribution in [3.05, 3.63) is 23.8 Å². The summed E-state index contributed by atoms with van der Waals surface area (Å²) < 4.78 is 0. The molecule has 1 saturated heterocycles. The monoisotopic (exact) mass is 332 g/mol. The Labute approximate surface area is 146 Å². The van der Waals surface area contributed by atoms with E-state index in [2.05, 4.69) is 19.8 Å². The molecule has 2 aliphatic rings. The van der Waals surface area contributed by atoms with Crippen molar-refractivity contribution >= 4 is 0 Å². The lowest BCUT2D eigenvalue weighted by molar-refractivity contribution is -0.0480. The summed E-state index contributed by atoms with van der Waals surface area (Å²) in [7, 11) is 4.05. The molecule has 1 aromatic heterocycles. The van der Waals surface area contributed by atoms with Crippen LogP contribution in [0.2, 0.25) is 0 Å². The van der Waals surface area contributed by atoms with Crippen molar-refractivity contribution in [2.45, 2.75) is 63.0 Å². The zero-order valence-electron chi connectivity index (χ0n) is 15.2. The van der Waals surface area contributed by atoms with Gasteiger partial charge in [0.2, 0.25) is 0 Å². The topological polar surface area (TPSA) is 52.5 Å². The van der Waals surface area contributed by atoms with Gasteiger partial charge in [0.15, 0.2) is 0 Å². The molecule has 1 N–H and O–H groups in total. The van der Waals surface area contributed by atoms with E-state index in [0.29, 0.717) is 5.92 Å². The molecular formula is C19H32N4O. The summed E-state index contributed by atoms with van der Waals surface area (Å²) in [6, 6.07) is 0. The summed E-state index contributed by atoms with van der Waals surface area (Å²) in [5.74, 6) is 1.59. The molecule has 0 aromatic carbocycles. The maximum absolute atomic E-state index is 10.8. The highest BCUT2D eigenvalue weighted by atomic mass is 16.3. The number of likely N-dealkylation sites (N-methyl/N-ethyl adjacent to an activating group) is 1. The molecule has 24 heavy (non-hydrogen) atoms. The molecule has 5 nitrogen and oxygen atoms in total. The lowest BCUT2D eigenvalue weighted by Crippen LogP contribution is -2.52. The van der Waals surface area contributed by atoms with Gasteiger partial charge in [-0.1, -0.05) is 19.3 Å². The van der Waals surface area contributed by atoms with Gasteiger partial charge in [-0.25, -0.2) is 9.97 Å². The fraction of sp³-hybridized carbons (Fsp3) is 0.789. The Hall–Kier alpha value is -1.04. The normalized spacial score (nSPS) is 26.8. The average molecular weight is 332 g/mol. The Balaban J connectivity index is 1.57. The highest BCUT2D eigenvalue weighted by molar-refractivity contribution is 5.08. The molecule has 1 atom stereocenters.